The Kier molecular flexibility index (Phi) is 5.11. The van der Waals surface area contributed by atoms with E-state index in [1.807, 2.05) is 22.9 Å². The highest BCUT2D eigenvalue weighted by Gasteiger charge is 2.42. The molecule has 1 saturated heterocycles. The number of piperazine rings is 1. The maximum atomic E-state index is 13.7. The van der Waals surface area contributed by atoms with Crippen LogP contribution in [0.4, 0.5) is 5.69 Å². The molecule has 3 aromatic carbocycles. The smallest absolute Gasteiger partial charge is 0.413 e. The molecule has 3 aromatic rings. The molecule has 154 valence electrons. The van der Waals surface area contributed by atoms with Gasteiger partial charge in [-0.1, -0.05) is 60.7 Å². The predicted octanol–water partition coefficient (Wildman–Crippen LogP) is 5.29. The highest BCUT2D eigenvalue weighted by Crippen LogP contribution is 2.54. The van der Waals surface area contributed by atoms with Crippen molar-refractivity contribution in [2.24, 2.45) is 0 Å². The number of para-hydroxylation sites is 2. The van der Waals surface area contributed by atoms with Crippen molar-refractivity contribution in [1.29, 1.82) is 0 Å². The van der Waals surface area contributed by atoms with E-state index in [1.165, 1.54) is 29.5 Å². The van der Waals surface area contributed by atoms with Crippen LogP contribution in [0.5, 0.6) is 5.75 Å². The molecule has 0 aliphatic carbocycles. The van der Waals surface area contributed by atoms with E-state index in [-0.39, 0.29) is 6.04 Å². The summed E-state index contributed by atoms with van der Waals surface area (Å²) in [5, 5.41) is 0. The summed E-state index contributed by atoms with van der Waals surface area (Å²) in [7, 11) is -2.00. The molecule has 6 heteroatoms. The van der Waals surface area contributed by atoms with Gasteiger partial charge in [-0.3, -0.25) is 4.52 Å². The van der Waals surface area contributed by atoms with Crippen LogP contribution in [0.3, 0.4) is 0 Å². The third-order valence-corrected chi connectivity index (χ3v) is 7.96. The van der Waals surface area contributed by atoms with E-state index >= 15 is 0 Å². The second-order valence-corrected chi connectivity index (χ2v) is 9.73. The zero-order valence-electron chi connectivity index (χ0n) is 17.0. The Balaban J connectivity index is 1.51. The lowest BCUT2D eigenvalue weighted by Crippen LogP contribution is -2.47. The van der Waals surface area contributed by atoms with Crippen LogP contribution in [-0.2, 0) is 15.5 Å². The Morgan fingerprint density at radius 2 is 1.57 bits per heavy atom. The lowest BCUT2D eigenvalue weighted by Gasteiger charge is -2.44. The van der Waals surface area contributed by atoms with Gasteiger partial charge in [0.15, 0.2) is 0 Å². The lowest BCUT2D eigenvalue weighted by atomic mass is 9.96. The summed E-state index contributed by atoms with van der Waals surface area (Å²) in [6.07, 6.45) is 0.905. The second kappa shape index (κ2) is 7.92. The number of hydrogen-bond donors (Lipinski definition) is 0. The Labute approximate surface area is 177 Å². The molecule has 5 nitrogen and oxygen atoms in total. The monoisotopic (exact) mass is 420 g/mol. The normalized spacial score (nSPS) is 20.3. The zero-order valence-corrected chi connectivity index (χ0v) is 17.9. The van der Waals surface area contributed by atoms with Gasteiger partial charge in [-0.15, -0.1) is 0 Å². The third-order valence-electron chi connectivity index (χ3n) is 6.00. The van der Waals surface area contributed by atoms with Gasteiger partial charge in [0.05, 0.1) is 6.04 Å². The topological polar surface area (TPSA) is 42.0 Å². The average molecular weight is 420 g/mol. The fourth-order valence-electron chi connectivity index (χ4n) is 4.54. The van der Waals surface area contributed by atoms with Crippen molar-refractivity contribution >= 4 is 13.4 Å². The number of fused-ring (bicyclic) bond motifs is 5. The first-order chi connectivity index (χ1) is 14.7. The molecule has 0 amide bonds. The van der Waals surface area contributed by atoms with Crippen molar-refractivity contribution in [1.82, 2.24) is 4.67 Å². The fourth-order valence-corrected chi connectivity index (χ4v) is 6.03. The van der Waals surface area contributed by atoms with Crippen LogP contribution >= 0.6 is 7.75 Å². The fraction of sp³-hybridized carbons (Fsp3) is 0.250. The van der Waals surface area contributed by atoms with Crippen molar-refractivity contribution in [3.63, 3.8) is 0 Å². The van der Waals surface area contributed by atoms with Crippen molar-refractivity contribution in [3.8, 4) is 5.75 Å². The number of hydrogen-bond acceptors (Lipinski definition) is 4. The van der Waals surface area contributed by atoms with Gasteiger partial charge in [0.25, 0.3) is 0 Å². The van der Waals surface area contributed by atoms with Crippen molar-refractivity contribution in [3.05, 3.63) is 95.6 Å². The molecular formula is C24H25N2O3P. The maximum absolute atomic E-state index is 13.7. The minimum Gasteiger partial charge on any atom is -0.413 e. The lowest BCUT2D eigenvalue weighted by molar-refractivity contribution is 0.221. The molecule has 2 atom stereocenters. The number of benzene rings is 3. The highest BCUT2D eigenvalue weighted by atomic mass is 31.2. The Bertz CT molecular complexity index is 1090. The summed E-state index contributed by atoms with van der Waals surface area (Å²) in [6.45, 7) is 1.93. The molecule has 5 rings (SSSR count). The van der Waals surface area contributed by atoms with Crippen LogP contribution in [0, 0.1) is 0 Å². The first-order valence-electron chi connectivity index (χ1n) is 10.3. The van der Waals surface area contributed by atoms with Crippen LogP contribution < -0.4 is 9.42 Å². The van der Waals surface area contributed by atoms with E-state index in [9.17, 15) is 4.57 Å². The Morgan fingerprint density at radius 3 is 2.37 bits per heavy atom. The summed E-state index contributed by atoms with van der Waals surface area (Å²) >= 11 is 0. The molecule has 2 aliphatic heterocycles. The molecular weight excluding hydrogens is 395 g/mol. The van der Waals surface area contributed by atoms with E-state index in [1.54, 1.807) is 12.1 Å². The summed E-state index contributed by atoms with van der Waals surface area (Å²) in [5.41, 5.74) is 5.18. The molecule has 1 fully saturated rings. The third kappa shape index (κ3) is 3.43. The predicted molar refractivity (Wildman–Crippen MR) is 119 cm³/mol. The molecule has 0 N–H and O–H groups in total. The van der Waals surface area contributed by atoms with Crippen LogP contribution in [0.1, 0.15) is 22.7 Å². The second-order valence-electron chi connectivity index (χ2n) is 7.68. The molecule has 2 unspecified atom stereocenters. The number of nitrogens with zero attached hydrogens (tertiary/aromatic N) is 2. The van der Waals surface area contributed by atoms with Gasteiger partial charge >= 0.3 is 7.75 Å². The summed E-state index contributed by atoms with van der Waals surface area (Å²) in [6, 6.07) is 26.5. The Hall–Kier alpha value is -2.59. The van der Waals surface area contributed by atoms with E-state index in [4.69, 9.17) is 9.05 Å². The van der Waals surface area contributed by atoms with Gasteiger partial charge in [0.1, 0.15) is 5.75 Å². The van der Waals surface area contributed by atoms with Gasteiger partial charge in [0, 0.05) is 32.4 Å². The largest absolute Gasteiger partial charge is 0.461 e. The zero-order chi connectivity index (χ0) is 20.6. The van der Waals surface area contributed by atoms with Gasteiger partial charge < -0.3 is 9.42 Å². The van der Waals surface area contributed by atoms with E-state index in [0.717, 1.165) is 13.0 Å². The van der Waals surface area contributed by atoms with Gasteiger partial charge in [-0.2, -0.15) is 4.67 Å². The van der Waals surface area contributed by atoms with Gasteiger partial charge in [-0.25, -0.2) is 4.57 Å². The van der Waals surface area contributed by atoms with Crippen LogP contribution in [0.2, 0.25) is 0 Å². The standard InChI is InChI=1S/C24H25N2O3P/c1-28-30(27,29-21-11-3-2-4-12-21)25-15-16-26-23-14-8-6-10-20(23)17-19-9-5-7-13-22(19)24(26)18-25/h2-14,24H,15-18H2,1H3. The van der Waals surface area contributed by atoms with Gasteiger partial charge in [-0.05, 0) is 41.3 Å². The van der Waals surface area contributed by atoms with E-state index in [0.29, 0.717) is 18.8 Å². The molecule has 0 bridgehead atoms. The van der Waals surface area contributed by atoms with Crippen LogP contribution in [-0.4, -0.2) is 31.4 Å². The minimum absolute atomic E-state index is 0.0847. The molecule has 0 spiro atoms. The van der Waals surface area contributed by atoms with E-state index < -0.39 is 7.75 Å². The molecule has 0 radical (unpaired) electrons. The SMILES string of the molecule is COP(=O)(Oc1ccccc1)N1CCN2c3ccccc3Cc3ccccc3C2C1. The molecule has 2 heterocycles. The Morgan fingerprint density at radius 1 is 0.867 bits per heavy atom. The number of anilines is 1. The highest BCUT2D eigenvalue weighted by molar-refractivity contribution is 7.51. The average Bonchev–Trinajstić information content (AvgIpc) is 2.94. The van der Waals surface area contributed by atoms with Gasteiger partial charge in [0.2, 0.25) is 0 Å². The molecule has 0 saturated carbocycles. The first kappa shape index (κ1) is 19.4. The first-order valence-corrected chi connectivity index (χ1v) is 11.8. The number of rotatable bonds is 4. The quantitative estimate of drug-likeness (QED) is 0.537. The van der Waals surface area contributed by atoms with Crippen molar-refractivity contribution in [2.45, 2.75) is 12.5 Å². The molecule has 2 aliphatic rings. The summed E-state index contributed by atoms with van der Waals surface area (Å²) < 4.78 is 27.0. The molecule has 30 heavy (non-hydrogen) atoms. The van der Waals surface area contributed by atoms with Crippen LogP contribution in [0.15, 0.2) is 78.9 Å². The minimum atomic E-state index is -3.46. The van der Waals surface area contributed by atoms with E-state index in [2.05, 4.69) is 53.4 Å². The summed E-state index contributed by atoms with van der Waals surface area (Å²) in [4.78, 5) is 2.44. The maximum Gasteiger partial charge on any atom is 0.461 e. The van der Waals surface area contributed by atoms with Crippen LogP contribution in [0.25, 0.3) is 0 Å². The van der Waals surface area contributed by atoms with Crippen molar-refractivity contribution in [2.75, 3.05) is 31.6 Å². The molecule has 0 aromatic heterocycles. The summed E-state index contributed by atoms with van der Waals surface area (Å²) in [5.74, 6) is 0.553. The van der Waals surface area contributed by atoms with Crippen molar-refractivity contribution < 1.29 is 13.6 Å².